The van der Waals surface area contributed by atoms with Crippen LogP contribution in [0.2, 0.25) is 0 Å². The average molecular weight is 221 g/mol. The van der Waals surface area contributed by atoms with Gasteiger partial charge in [0.15, 0.2) is 0 Å². The van der Waals surface area contributed by atoms with Crippen LogP contribution in [-0.4, -0.2) is 34.0 Å². The van der Waals surface area contributed by atoms with Crippen LogP contribution in [0.25, 0.3) is 0 Å². The van der Waals surface area contributed by atoms with Crippen molar-refractivity contribution in [3.63, 3.8) is 0 Å². The van der Waals surface area contributed by atoms with Gasteiger partial charge in [0.25, 0.3) is 0 Å². The summed E-state index contributed by atoms with van der Waals surface area (Å²) in [5, 5.41) is 8.73. The predicted molar refractivity (Wildman–Crippen MR) is 58.7 cm³/mol. The molecule has 0 aliphatic carbocycles. The van der Waals surface area contributed by atoms with E-state index in [9.17, 15) is 4.79 Å². The summed E-state index contributed by atoms with van der Waals surface area (Å²) in [7, 11) is 2.03. The molecule has 5 heteroatoms. The lowest BCUT2D eigenvalue weighted by atomic mass is 10.1. The second kappa shape index (κ2) is 4.19. The molecule has 16 heavy (non-hydrogen) atoms. The largest absolute Gasteiger partial charge is 0.480 e. The number of carbonyl (C=O) groups is 1. The highest BCUT2D eigenvalue weighted by atomic mass is 16.4. The molecule has 1 aromatic rings. The highest BCUT2D eigenvalue weighted by molar-refractivity contribution is 5.73. The summed E-state index contributed by atoms with van der Waals surface area (Å²) in [4.78, 5) is 17.1. The summed E-state index contributed by atoms with van der Waals surface area (Å²) >= 11 is 0. The molecule has 0 radical (unpaired) electrons. The molecule has 0 amide bonds. The van der Waals surface area contributed by atoms with Crippen LogP contribution in [0.3, 0.4) is 0 Å². The third-order valence-electron chi connectivity index (χ3n) is 2.75. The van der Waals surface area contributed by atoms with Gasteiger partial charge in [-0.3, -0.25) is 14.7 Å². The molecule has 1 aliphatic rings. The van der Waals surface area contributed by atoms with Crippen molar-refractivity contribution in [2.75, 3.05) is 7.05 Å². The Kier molecular flexibility index (Phi) is 2.89. The number of rotatable bonds is 3. The first-order chi connectivity index (χ1) is 7.56. The zero-order valence-corrected chi connectivity index (χ0v) is 9.18. The minimum absolute atomic E-state index is 0.333. The Hall–Kier alpha value is -1.46. The van der Waals surface area contributed by atoms with E-state index >= 15 is 0 Å². The van der Waals surface area contributed by atoms with Gasteiger partial charge in [-0.05, 0) is 24.6 Å². The van der Waals surface area contributed by atoms with E-state index in [-0.39, 0.29) is 0 Å². The molecular formula is C11H15N3O2. The Balaban J connectivity index is 2.13. The molecule has 2 heterocycles. The van der Waals surface area contributed by atoms with Crippen LogP contribution < -0.4 is 5.73 Å². The number of nitrogens with zero attached hydrogens (tertiary/aromatic N) is 2. The SMILES string of the molecule is CN1Cc2cc(CC(N)C(=O)O)cnc2C1. The number of carboxylic acids is 1. The third kappa shape index (κ3) is 2.20. The van der Waals surface area contributed by atoms with Gasteiger partial charge in [0.05, 0.1) is 5.69 Å². The topological polar surface area (TPSA) is 79.5 Å². The highest BCUT2D eigenvalue weighted by Gasteiger charge is 2.18. The zero-order valence-electron chi connectivity index (χ0n) is 9.18. The van der Waals surface area contributed by atoms with Gasteiger partial charge in [-0.2, -0.15) is 0 Å². The van der Waals surface area contributed by atoms with E-state index in [1.54, 1.807) is 6.20 Å². The van der Waals surface area contributed by atoms with Gasteiger partial charge in [-0.25, -0.2) is 0 Å². The lowest BCUT2D eigenvalue weighted by molar-refractivity contribution is -0.138. The summed E-state index contributed by atoms with van der Waals surface area (Å²) < 4.78 is 0. The molecule has 0 fully saturated rings. The number of hydrogen-bond donors (Lipinski definition) is 2. The third-order valence-corrected chi connectivity index (χ3v) is 2.75. The Labute approximate surface area is 93.9 Å². The Morgan fingerprint density at radius 2 is 2.44 bits per heavy atom. The Morgan fingerprint density at radius 1 is 1.69 bits per heavy atom. The van der Waals surface area contributed by atoms with Crippen LogP contribution >= 0.6 is 0 Å². The van der Waals surface area contributed by atoms with Crippen LogP contribution in [0.4, 0.5) is 0 Å². The van der Waals surface area contributed by atoms with Gasteiger partial charge < -0.3 is 10.8 Å². The van der Waals surface area contributed by atoms with Crippen molar-refractivity contribution in [2.45, 2.75) is 25.6 Å². The van der Waals surface area contributed by atoms with E-state index in [0.717, 1.165) is 24.3 Å². The second-order valence-corrected chi connectivity index (χ2v) is 4.27. The molecule has 0 spiro atoms. The van der Waals surface area contributed by atoms with E-state index in [2.05, 4.69) is 9.88 Å². The average Bonchev–Trinajstić information content (AvgIpc) is 2.57. The molecule has 3 N–H and O–H groups in total. The van der Waals surface area contributed by atoms with Crippen LogP contribution in [0.15, 0.2) is 12.3 Å². The lowest BCUT2D eigenvalue weighted by Gasteiger charge is -2.07. The summed E-state index contributed by atoms with van der Waals surface area (Å²) in [6.07, 6.45) is 2.06. The number of carboxylic acid groups (broad SMARTS) is 1. The number of pyridine rings is 1. The predicted octanol–water partition coefficient (Wildman–Crippen LogP) is -0.0186. The fourth-order valence-electron chi connectivity index (χ4n) is 1.92. The normalized spacial score (nSPS) is 17.1. The summed E-state index contributed by atoms with van der Waals surface area (Å²) in [5.74, 6) is -0.974. The first-order valence-electron chi connectivity index (χ1n) is 5.20. The van der Waals surface area contributed by atoms with Crippen LogP contribution in [0.1, 0.15) is 16.8 Å². The van der Waals surface area contributed by atoms with Crippen LogP contribution in [0, 0.1) is 0 Å². The van der Waals surface area contributed by atoms with Crippen molar-refractivity contribution in [1.29, 1.82) is 0 Å². The van der Waals surface area contributed by atoms with Gasteiger partial charge in [0.2, 0.25) is 0 Å². The van der Waals surface area contributed by atoms with Crippen LogP contribution in [-0.2, 0) is 24.3 Å². The molecule has 0 saturated heterocycles. The van der Waals surface area contributed by atoms with E-state index in [0.29, 0.717) is 6.42 Å². The fraction of sp³-hybridized carbons (Fsp3) is 0.455. The quantitative estimate of drug-likeness (QED) is 0.750. The van der Waals surface area contributed by atoms with Gasteiger partial charge in [0, 0.05) is 19.3 Å². The number of aromatic nitrogens is 1. The van der Waals surface area contributed by atoms with Crippen molar-refractivity contribution in [2.24, 2.45) is 5.73 Å². The van der Waals surface area contributed by atoms with Crippen molar-refractivity contribution < 1.29 is 9.90 Å². The lowest BCUT2D eigenvalue weighted by Crippen LogP contribution is -2.32. The minimum atomic E-state index is -0.974. The number of nitrogens with two attached hydrogens (primary N) is 1. The maximum absolute atomic E-state index is 10.6. The molecule has 1 aromatic heterocycles. The Bertz CT molecular complexity index is 420. The monoisotopic (exact) mass is 221 g/mol. The van der Waals surface area contributed by atoms with Gasteiger partial charge in [-0.1, -0.05) is 6.07 Å². The number of hydrogen-bond acceptors (Lipinski definition) is 4. The molecule has 2 rings (SSSR count). The first kappa shape index (κ1) is 11.0. The molecular weight excluding hydrogens is 206 g/mol. The van der Waals surface area contributed by atoms with E-state index in [4.69, 9.17) is 10.8 Å². The van der Waals surface area contributed by atoms with E-state index in [1.807, 2.05) is 13.1 Å². The standard InChI is InChI=1S/C11H15N3O2/c1-14-5-8-2-7(3-9(12)11(15)16)4-13-10(8)6-14/h2,4,9H,3,5-6,12H2,1H3,(H,15,16). The minimum Gasteiger partial charge on any atom is -0.480 e. The molecule has 5 nitrogen and oxygen atoms in total. The number of fused-ring (bicyclic) bond motifs is 1. The van der Waals surface area contributed by atoms with E-state index < -0.39 is 12.0 Å². The summed E-state index contributed by atoms with van der Waals surface area (Å²) in [6, 6.07) is 1.16. The zero-order chi connectivity index (χ0) is 11.7. The first-order valence-corrected chi connectivity index (χ1v) is 5.20. The molecule has 1 aliphatic heterocycles. The smallest absolute Gasteiger partial charge is 0.320 e. The molecule has 1 atom stereocenters. The van der Waals surface area contributed by atoms with E-state index in [1.165, 1.54) is 5.56 Å². The summed E-state index contributed by atoms with van der Waals surface area (Å²) in [6.45, 7) is 1.74. The fourth-order valence-corrected chi connectivity index (χ4v) is 1.92. The van der Waals surface area contributed by atoms with Crippen molar-refractivity contribution in [1.82, 2.24) is 9.88 Å². The molecule has 86 valence electrons. The Morgan fingerprint density at radius 3 is 3.12 bits per heavy atom. The molecule has 0 aromatic carbocycles. The second-order valence-electron chi connectivity index (χ2n) is 4.27. The molecule has 1 unspecified atom stereocenters. The summed E-state index contributed by atoms with van der Waals surface area (Å²) in [5.41, 5.74) is 8.63. The van der Waals surface area contributed by atoms with Crippen molar-refractivity contribution in [3.8, 4) is 0 Å². The maximum Gasteiger partial charge on any atom is 0.320 e. The van der Waals surface area contributed by atoms with Crippen LogP contribution in [0.5, 0.6) is 0 Å². The molecule has 0 saturated carbocycles. The van der Waals surface area contributed by atoms with Gasteiger partial charge >= 0.3 is 5.97 Å². The molecule has 0 bridgehead atoms. The van der Waals surface area contributed by atoms with Gasteiger partial charge in [-0.15, -0.1) is 0 Å². The van der Waals surface area contributed by atoms with Gasteiger partial charge in [0.1, 0.15) is 6.04 Å². The van der Waals surface area contributed by atoms with Crippen molar-refractivity contribution in [3.05, 3.63) is 29.1 Å². The number of aliphatic carboxylic acids is 1. The maximum atomic E-state index is 10.6. The highest BCUT2D eigenvalue weighted by Crippen LogP contribution is 2.20. The van der Waals surface area contributed by atoms with Crippen molar-refractivity contribution >= 4 is 5.97 Å².